The molecule has 0 saturated heterocycles. The number of carbonyl (C=O) groups excluding carboxylic acids is 2. The molecule has 0 saturated carbocycles. The van der Waals surface area contributed by atoms with E-state index < -0.39 is 29.9 Å². The van der Waals surface area contributed by atoms with E-state index in [0.29, 0.717) is 17.2 Å². The molecule has 0 heterocycles. The number of nitrogens with one attached hydrogen (secondary N) is 1. The molecule has 0 bridgehead atoms. The summed E-state index contributed by atoms with van der Waals surface area (Å²) >= 11 is 0. The number of esters is 1. The number of rotatable bonds is 9. The Morgan fingerprint density at radius 2 is 1.62 bits per heavy atom. The van der Waals surface area contributed by atoms with Gasteiger partial charge in [-0.05, 0) is 55.8 Å². The molecule has 0 aliphatic rings. The van der Waals surface area contributed by atoms with E-state index in [0.717, 1.165) is 5.56 Å². The quantitative estimate of drug-likeness (QED) is 0.646. The molecule has 0 aromatic heterocycles. The molecule has 2 atom stereocenters. The highest BCUT2D eigenvalue weighted by molar-refractivity contribution is 5.84. The maximum Gasteiger partial charge on any atom is 0.347 e. The fourth-order valence-electron chi connectivity index (χ4n) is 2.41. The number of benzene rings is 2. The predicted octanol–water partition coefficient (Wildman–Crippen LogP) is 2.86. The highest BCUT2D eigenvalue weighted by atomic mass is 19.1. The summed E-state index contributed by atoms with van der Waals surface area (Å²) < 4.78 is 33.8. The minimum atomic E-state index is -1.01. The lowest BCUT2D eigenvalue weighted by Gasteiger charge is -2.18. The minimum absolute atomic E-state index is 0.225. The zero-order valence-corrected chi connectivity index (χ0v) is 16.7. The van der Waals surface area contributed by atoms with Crippen LogP contribution in [0.1, 0.15) is 19.4 Å². The number of halogens is 1. The number of carbonyl (C=O) groups is 2. The number of hydrogen-bond acceptors (Lipinski definition) is 6. The Balaban J connectivity index is 1.84. The van der Waals surface area contributed by atoms with Crippen LogP contribution >= 0.6 is 0 Å². The van der Waals surface area contributed by atoms with Crippen LogP contribution in [-0.2, 0) is 20.9 Å². The first-order valence-electron chi connectivity index (χ1n) is 8.95. The molecule has 8 heteroatoms. The molecule has 0 spiro atoms. The minimum Gasteiger partial charge on any atom is -0.493 e. The van der Waals surface area contributed by atoms with Gasteiger partial charge >= 0.3 is 5.97 Å². The summed E-state index contributed by atoms with van der Waals surface area (Å²) in [4.78, 5) is 24.3. The van der Waals surface area contributed by atoms with Gasteiger partial charge in [-0.25, -0.2) is 9.18 Å². The topological polar surface area (TPSA) is 83.1 Å². The van der Waals surface area contributed by atoms with E-state index in [2.05, 4.69) is 5.32 Å². The third kappa shape index (κ3) is 6.38. The summed E-state index contributed by atoms with van der Waals surface area (Å²) in [5.41, 5.74) is 0.794. The second-order valence-electron chi connectivity index (χ2n) is 6.20. The first-order chi connectivity index (χ1) is 13.8. The Morgan fingerprint density at radius 1 is 0.966 bits per heavy atom. The first-order valence-corrected chi connectivity index (χ1v) is 8.95. The van der Waals surface area contributed by atoms with Crippen molar-refractivity contribution in [2.75, 3.05) is 14.2 Å². The van der Waals surface area contributed by atoms with E-state index in [4.69, 9.17) is 18.9 Å². The van der Waals surface area contributed by atoms with Crippen molar-refractivity contribution < 1.29 is 32.9 Å². The Kier molecular flexibility index (Phi) is 7.82. The summed E-state index contributed by atoms with van der Waals surface area (Å²) in [5, 5.41) is 2.69. The lowest BCUT2D eigenvalue weighted by atomic mass is 10.2. The van der Waals surface area contributed by atoms with Gasteiger partial charge < -0.3 is 24.3 Å². The van der Waals surface area contributed by atoms with Crippen LogP contribution in [0.4, 0.5) is 4.39 Å². The molecule has 0 aliphatic heterocycles. The van der Waals surface area contributed by atoms with Gasteiger partial charge in [-0.1, -0.05) is 6.07 Å². The monoisotopic (exact) mass is 405 g/mol. The standard InChI is InChI=1S/C21H24FNO6/c1-13(29-21(25)14(2)28-17-8-6-16(22)7-9-17)20(24)23-12-15-5-10-18(26-3)19(11-15)27-4/h5-11,13-14H,12H2,1-4H3,(H,23,24)/t13-,14-/m0/s1. The first kappa shape index (κ1) is 22.0. The molecule has 0 unspecified atom stereocenters. The summed E-state index contributed by atoms with van der Waals surface area (Å²) in [6.07, 6.45) is -1.97. The van der Waals surface area contributed by atoms with Gasteiger partial charge in [0, 0.05) is 6.54 Å². The van der Waals surface area contributed by atoms with E-state index in [1.807, 2.05) is 0 Å². The maximum absolute atomic E-state index is 12.9. The van der Waals surface area contributed by atoms with Crippen molar-refractivity contribution in [2.24, 2.45) is 0 Å². The smallest absolute Gasteiger partial charge is 0.347 e. The van der Waals surface area contributed by atoms with Crippen molar-refractivity contribution in [1.82, 2.24) is 5.32 Å². The lowest BCUT2D eigenvalue weighted by molar-refractivity contribution is -0.160. The second kappa shape index (κ2) is 10.3. The molecule has 2 aromatic carbocycles. The fourth-order valence-corrected chi connectivity index (χ4v) is 2.41. The van der Waals surface area contributed by atoms with Gasteiger partial charge in [0.1, 0.15) is 11.6 Å². The molecule has 156 valence electrons. The van der Waals surface area contributed by atoms with Crippen molar-refractivity contribution in [1.29, 1.82) is 0 Å². The molecular formula is C21H24FNO6. The molecule has 0 fully saturated rings. The number of methoxy groups -OCH3 is 2. The van der Waals surface area contributed by atoms with Crippen molar-refractivity contribution >= 4 is 11.9 Å². The fraction of sp³-hybridized carbons (Fsp3) is 0.333. The van der Waals surface area contributed by atoms with Crippen LogP contribution in [0, 0.1) is 5.82 Å². The van der Waals surface area contributed by atoms with Crippen molar-refractivity contribution in [3.63, 3.8) is 0 Å². The zero-order chi connectivity index (χ0) is 21.4. The van der Waals surface area contributed by atoms with Crippen LogP contribution < -0.4 is 19.5 Å². The van der Waals surface area contributed by atoms with E-state index >= 15 is 0 Å². The normalized spacial score (nSPS) is 12.4. The van der Waals surface area contributed by atoms with Gasteiger partial charge in [0.05, 0.1) is 14.2 Å². The SMILES string of the molecule is COc1ccc(CNC(=O)[C@H](C)OC(=O)[C@H](C)Oc2ccc(F)cc2)cc1OC. The predicted molar refractivity (Wildman–Crippen MR) is 103 cm³/mol. The van der Waals surface area contributed by atoms with E-state index in [1.165, 1.54) is 52.3 Å². The van der Waals surface area contributed by atoms with Gasteiger partial charge in [-0.15, -0.1) is 0 Å². The van der Waals surface area contributed by atoms with Gasteiger partial charge in [-0.2, -0.15) is 0 Å². The van der Waals surface area contributed by atoms with Crippen LogP contribution in [0.2, 0.25) is 0 Å². The Bertz CT molecular complexity index is 840. The summed E-state index contributed by atoms with van der Waals surface area (Å²) in [5.74, 6) is -0.121. The molecule has 2 aromatic rings. The lowest BCUT2D eigenvalue weighted by Crippen LogP contribution is -2.38. The number of ether oxygens (including phenoxy) is 4. The largest absolute Gasteiger partial charge is 0.493 e. The van der Waals surface area contributed by atoms with Crippen LogP contribution in [0.3, 0.4) is 0 Å². The Morgan fingerprint density at radius 3 is 2.24 bits per heavy atom. The summed E-state index contributed by atoms with van der Waals surface area (Å²) in [7, 11) is 3.06. The number of hydrogen-bond donors (Lipinski definition) is 1. The van der Waals surface area contributed by atoms with Crippen molar-refractivity contribution in [2.45, 2.75) is 32.6 Å². The van der Waals surface area contributed by atoms with E-state index in [9.17, 15) is 14.0 Å². The molecule has 2 rings (SSSR count). The Labute approximate surface area is 168 Å². The summed E-state index contributed by atoms with van der Waals surface area (Å²) in [6.45, 7) is 3.18. The average Bonchev–Trinajstić information content (AvgIpc) is 2.73. The Hall–Kier alpha value is -3.29. The van der Waals surface area contributed by atoms with Crippen molar-refractivity contribution in [3.8, 4) is 17.2 Å². The molecule has 1 N–H and O–H groups in total. The van der Waals surface area contributed by atoms with Gasteiger partial charge in [-0.3, -0.25) is 4.79 Å². The molecule has 1 amide bonds. The van der Waals surface area contributed by atoms with Crippen LogP contribution in [0.25, 0.3) is 0 Å². The average molecular weight is 405 g/mol. The van der Waals surface area contributed by atoms with Crippen LogP contribution in [0.15, 0.2) is 42.5 Å². The summed E-state index contributed by atoms with van der Waals surface area (Å²) in [6, 6.07) is 10.5. The molecular weight excluding hydrogens is 381 g/mol. The molecule has 0 aliphatic carbocycles. The maximum atomic E-state index is 12.9. The van der Waals surface area contributed by atoms with Crippen LogP contribution in [0.5, 0.6) is 17.2 Å². The van der Waals surface area contributed by atoms with Crippen molar-refractivity contribution in [3.05, 3.63) is 53.8 Å². The second-order valence-corrected chi connectivity index (χ2v) is 6.20. The van der Waals surface area contributed by atoms with Crippen LogP contribution in [-0.4, -0.2) is 38.3 Å². The molecule has 0 radical (unpaired) electrons. The third-order valence-corrected chi connectivity index (χ3v) is 4.04. The highest BCUT2D eigenvalue weighted by Crippen LogP contribution is 2.27. The van der Waals surface area contributed by atoms with E-state index in [1.54, 1.807) is 18.2 Å². The van der Waals surface area contributed by atoms with Gasteiger partial charge in [0.15, 0.2) is 23.7 Å². The third-order valence-electron chi connectivity index (χ3n) is 4.04. The molecule has 7 nitrogen and oxygen atoms in total. The van der Waals surface area contributed by atoms with Gasteiger partial charge in [0.2, 0.25) is 0 Å². The zero-order valence-electron chi connectivity index (χ0n) is 16.7. The molecule has 29 heavy (non-hydrogen) atoms. The number of amides is 1. The van der Waals surface area contributed by atoms with E-state index in [-0.39, 0.29) is 6.54 Å². The highest BCUT2D eigenvalue weighted by Gasteiger charge is 2.23. The van der Waals surface area contributed by atoms with Gasteiger partial charge in [0.25, 0.3) is 5.91 Å².